The lowest BCUT2D eigenvalue weighted by Crippen LogP contribution is -2.06. The highest BCUT2D eigenvalue weighted by Gasteiger charge is 2.23. The van der Waals surface area contributed by atoms with Crippen molar-refractivity contribution < 1.29 is 0 Å². The average molecular weight is 347 g/mol. The molecule has 7 nitrogen and oxygen atoms in total. The first-order valence-electron chi connectivity index (χ1n) is 9.22. The average Bonchev–Trinajstić information content (AvgIpc) is 3.40. The maximum Gasteiger partial charge on any atom is 0.177 e. The standard InChI is InChI=1S/C19H21N7/c1-2-6-14(7-3-1)17-15(10-21-25-17)18-23-16-11-22-26(19(16)24-18)12-13-5-4-8-20-9-13/h4-5,8-11,14H,1-3,6-7,12H2,(H,21,25)(H,23,24). The molecule has 0 radical (unpaired) electrons. The molecule has 7 heteroatoms. The van der Waals surface area contributed by atoms with Crippen LogP contribution in [0.4, 0.5) is 0 Å². The number of nitrogens with zero attached hydrogens (tertiary/aromatic N) is 5. The number of hydrogen-bond donors (Lipinski definition) is 2. The van der Waals surface area contributed by atoms with Crippen LogP contribution in [-0.2, 0) is 6.54 Å². The van der Waals surface area contributed by atoms with E-state index in [-0.39, 0.29) is 0 Å². The molecule has 0 spiro atoms. The van der Waals surface area contributed by atoms with Crippen molar-refractivity contribution in [2.24, 2.45) is 0 Å². The lowest BCUT2D eigenvalue weighted by molar-refractivity contribution is 0.437. The van der Waals surface area contributed by atoms with Gasteiger partial charge in [-0.3, -0.25) is 10.1 Å². The number of pyridine rings is 1. The first-order valence-corrected chi connectivity index (χ1v) is 9.22. The fourth-order valence-corrected chi connectivity index (χ4v) is 3.94. The third-order valence-electron chi connectivity index (χ3n) is 5.27. The number of fused-ring (bicyclic) bond motifs is 1. The van der Waals surface area contributed by atoms with Gasteiger partial charge in [0, 0.05) is 24.0 Å². The Morgan fingerprint density at radius 1 is 1.12 bits per heavy atom. The molecular formula is C19H21N7. The van der Waals surface area contributed by atoms with Gasteiger partial charge < -0.3 is 4.98 Å². The Bertz CT molecular complexity index is 1010. The third-order valence-corrected chi connectivity index (χ3v) is 5.27. The van der Waals surface area contributed by atoms with E-state index in [9.17, 15) is 0 Å². The van der Waals surface area contributed by atoms with Crippen LogP contribution in [0.1, 0.15) is 49.3 Å². The van der Waals surface area contributed by atoms with Crippen LogP contribution in [0.5, 0.6) is 0 Å². The summed E-state index contributed by atoms with van der Waals surface area (Å²) in [6.07, 6.45) is 13.7. The molecule has 1 aliphatic rings. The maximum absolute atomic E-state index is 4.83. The molecule has 0 atom stereocenters. The topological polar surface area (TPSA) is 88.1 Å². The molecular weight excluding hydrogens is 326 g/mol. The molecule has 4 aromatic heterocycles. The summed E-state index contributed by atoms with van der Waals surface area (Å²) in [5.74, 6) is 1.42. The SMILES string of the molecule is c1cncc(Cn2ncc3[nH]c(-c4cn[nH]c4C4CCCCC4)nc32)c1. The number of H-pyrrole nitrogens is 2. The second kappa shape index (κ2) is 6.40. The van der Waals surface area contributed by atoms with E-state index in [0.29, 0.717) is 12.5 Å². The molecule has 0 aromatic carbocycles. The monoisotopic (exact) mass is 347 g/mol. The second-order valence-corrected chi connectivity index (χ2v) is 7.02. The van der Waals surface area contributed by atoms with Crippen molar-refractivity contribution >= 4 is 11.2 Å². The van der Waals surface area contributed by atoms with E-state index in [1.807, 2.05) is 35.4 Å². The van der Waals surface area contributed by atoms with Crippen molar-refractivity contribution in [3.63, 3.8) is 0 Å². The molecule has 0 unspecified atom stereocenters. The highest BCUT2D eigenvalue weighted by Crippen LogP contribution is 2.36. The van der Waals surface area contributed by atoms with Gasteiger partial charge in [0.2, 0.25) is 0 Å². The fraction of sp³-hybridized carbons (Fsp3) is 0.368. The third kappa shape index (κ3) is 2.69. The molecule has 0 amide bonds. The van der Waals surface area contributed by atoms with E-state index in [1.165, 1.54) is 37.8 Å². The van der Waals surface area contributed by atoms with Crippen molar-refractivity contribution in [1.29, 1.82) is 0 Å². The van der Waals surface area contributed by atoms with E-state index in [2.05, 4.69) is 25.3 Å². The molecule has 0 saturated heterocycles. The van der Waals surface area contributed by atoms with Gasteiger partial charge in [-0.1, -0.05) is 25.3 Å². The van der Waals surface area contributed by atoms with Crippen LogP contribution in [0.3, 0.4) is 0 Å². The molecule has 4 aromatic rings. The molecule has 2 N–H and O–H groups in total. The van der Waals surface area contributed by atoms with E-state index < -0.39 is 0 Å². The van der Waals surface area contributed by atoms with Crippen molar-refractivity contribution in [3.05, 3.63) is 48.2 Å². The van der Waals surface area contributed by atoms with Gasteiger partial charge in [-0.05, 0) is 24.5 Å². The normalized spacial score (nSPS) is 15.7. The summed E-state index contributed by atoms with van der Waals surface area (Å²) in [7, 11) is 0. The predicted octanol–water partition coefficient (Wildman–Crippen LogP) is 3.64. The molecule has 1 saturated carbocycles. The Kier molecular flexibility index (Phi) is 3.77. The van der Waals surface area contributed by atoms with Gasteiger partial charge in [-0.2, -0.15) is 10.2 Å². The Balaban J connectivity index is 1.48. The largest absolute Gasteiger partial charge is 0.335 e. The van der Waals surface area contributed by atoms with Crippen LogP contribution in [0.2, 0.25) is 0 Å². The molecule has 1 aliphatic carbocycles. The van der Waals surface area contributed by atoms with Crippen LogP contribution in [0.25, 0.3) is 22.6 Å². The smallest absolute Gasteiger partial charge is 0.177 e. The van der Waals surface area contributed by atoms with Crippen LogP contribution in [-0.4, -0.2) is 34.9 Å². The highest BCUT2D eigenvalue weighted by molar-refractivity contribution is 5.76. The molecule has 0 aliphatic heterocycles. The van der Waals surface area contributed by atoms with Gasteiger partial charge in [0.05, 0.1) is 24.5 Å². The van der Waals surface area contributed by atoms with Crippen LogP contribution in [0.15, 0.2) is 36.9 Å². The lowest BCUT2D eigenvalue weighted by atomic mass is 9.85. The number of nitrogens with one attached hydrogen (secondary N) is 2. The summed E-state index contributed by atoms with van der Waals surface area (Å²) in [6, 6.07) is 3.99. The summed E-state index contributed by atoms with van der Waals surface area (Å²) in [6.45, 7) is 0.655. The number of rotatable bonds is 4. The van der Waals surface area contributed by atoms with Crippen LogP contribution >= 0.6 is 0 Å². The summed E-state index contributed by atoms with van der Waals surface area (Å²) in [5, 5.41) is 12.0. The van der Waals surface area contributed by atoms with Crippen LogP contribution in [0, 0.1) is 0 Å². The maximum atomic E-state index is 4.83. The molecule has 5 rings (SSSR count). The van der Waals surface area contributed by atoms with Gasteiger partial charge in [0.25, 0.3) is 0 Å². The molecule has 0 bridgehead atoms. The summed E-state index contributed by atoms with van der Waals surface area (Å²) in [4.78, 5) is 12.4. The van der Waals surface area contributed by atoms with Gasteiger partial charge in [0.1, 0.15) is 11.3 Å². The number of aromatic nitrogens is 7. The minimum absolute atomic E-state index is 0.557. The Morgan fingerprint density at radius 3 is 2.88 bits per heavy atom. The quantitative estimate of drug-likeness (QED) is 0.590. The fourth-order valence-electron chi connectivity index (χ4n) is 3.94. The van der Waals surface area contributed by atoms with E-state index >= 15 is 0 Å². The molecule has 4 heterocycles. The van der Waals surface area contributed by atoms with Gasteiger partial charge in [0.15, 0.2) is 5.65 Å². The van der Waals surface area contributed by atoms with Crippen molar-refractivity contribution in [2.75, 3.05) is 0 Å². The highest BCUT2D eigenvalue weighted by atomic mass is 15.3. The second-order valence-electron chi connectivity index (χ2n) is 7.02. The summed E-state index contributed by atoms with van der Waals surface area (Å²) < 4.78 is 1.91. The van der Waals surface area contributed by atoms with Crippen molar-refractivity contribution in [1.82, 2.24) is 34.9 Å². The first-order chi connectivity index (χ1) is 12.9. The predicted molar refractivity (Wildman–Crippen MR) is 98.6 cm³/mol. The van der Waals surface area contributed by atoms with Gasteiger partial charge in [-0.25, -0.2) is 9.67 Å². The summed E-state index contributed by atoms with van der Waals surface area (Å²) >= 11 is 0. The molecule has 1 fully saturated rings. The Labute approximate surface area is 150 Å². The van der Waals surface area contributed by atoms with Crippen LogP contribution < -0.4 is 0 Å². The minimum atomic E-state index is 0.557. The lowest BCUT2D eigenvalue weighted by Gasteiger charge is -2.21. The Morgan fingerprint density at radius 2 is 2.04 bits per heavy atom. The van der Waals surface area contributed by atoms with Crippen molar-refractivity contribution in [2.45, 2.75) is 44.6 Å². The number of imidazole rings is 1. The zero-order chi connectivity index (χ0) is 17.3. The van der Waals surface area contributed by atoms with E-state index in [1.54, 1.807) is 6.20 Å². The minimum Gasteiger partial charge on any atom is -0.335 e. The molecule has 26 heavy (non-hydrogen) atoms. The van der Waals surface area contributed by atoms with E-state index in [0.717, 1.165) is 28.1 Å². The number of hydrogen-bond acceptors (Lipinski definition) is 4. The van der Waals surface area contributed by atoms with E-state index in [4.69, 9.17) is 4.98 Å². The zero-order valence-electron chi connectivity index (χ0n) is 14.5. The van der Waals surface area contributed by atoms with Crippen molar-refractivity contribution in [3.8, 4) is 11.4 Å². The zero-order valence-corrected chi connectivity index (χ0v) is 14.5. The number of aromatic amines is 2. The first kappa shape index (κ1) is 15.3. The molecule has 132 valence electrons. The Hall–Kier alpha value is -2.96. The summed E-state index contributed by atoms with van der Waals surface area (Å²) in [5.41, 5.74) is 5.21. The van der Waals surface area contributed by atoms with Gasteiger partial charge in [-0.15, -0.1) is 0 Å². The van der Waals surface area contributed by atoms with Gasteiger partial charge >= 0.3 is 0 Å².